The molecule has 0 radical (unpaired) electrons. The fraction of sp³-hybridized carbons (Fsp3) is 0.267. The summed E-state index contributed by atoms with van der Waals surface area (Å²) in [6, 6.07) is 9.17. The monoisotopic (exact) mass is 273 g/mol. The molecule has 0 saturated heterocycles. The van der Waals surface area contributed by atoms with Crippen molar-refractivity contribution in [3.63, 3.8) is 0 Å². The van der Waals surface area contributed by atoms with Crippen molar-refractivity contribution in [1.29, 1.82) is 0 Å². The molecule has 1 heterocycles. The first-order chi connectivity index (χ1) is 9.51. The number of anilines is 1. The second-order valence-corrected chi connectivity index (χ2v) is 4.74. The Morgan fingerprint density at radius 2 is 2.15 bits per heavy atom. The average molecular weight is 273 g/mol. The third kappa shape index (κ3) is 2.93. The van der Waals surface area contributed by atoms with Crippen LogP contribution < -0.4 is 15.8 Å². The van der Waals surface area contributed by atoms with Gasteiger partial charge in [0.25, 0.3) is 5.91 Å². The van der Waals surface area contributed by atoms with Gasteiger partial charge in [-0.15, -0.1) is 0 Å². The van der Waals surface area contributed by atoms with E-state index in [9.17, 15) is 4.79 Å². The molecule has 1 amide bonds. The van der Waals surface area contributed by atoms with Gasteiger partial charge in [-0.05, 0) is 30.7 Å². The summed E-state index contributed by atoms with van der Waals surface area (Å²) < 4.78 is 6.89. The number of hydrogen-bond acceptors (Lipinski definition) is 3. The van der Waals surface area contributed by atoms with Crippen molar-refractivity contribution < 1.29 is 9.53 Å². The van der Waals surface area contributed by atoms with Crippen molar-refractivity contribution in [2.45, 2.75) is 13.0 Å². The van der Waals surface area contributed by atoms with Crippen LogP contribution in [0.25, 0.3) is 0 Å². The van der Waals surface area contributed by atoms with Crippen LogP contribution in [0.1, 0.15) is 29.0 Å². The molecule has 0 aliphatic carbocycles. The molecule has 106 valence electrons. The quantitative estimate of drug-likeness (QED) is 0.896. The third-order valence-electron chi connectivity index (χ3n) is 3.20. The number of nitrogens with zero attached hydrogens (tertiary/aromatic N) is 1. The minimum absolute atomic E-state index is 0.117. The number of carbonyl (C=O) groups is 1. The molecule has 20 heavy (non-hydrogen) atoms. The average Bonchev–Trinajstić information content (AvgIpc) is 2.77. The predicted molar refractivity (Wildman–Crippen MR) is 78.7 cm³/mol. The molecule has 0 aliphatic heterocycles. The summed E-state index contributed by atoms with van der Waals surface area (Å²) in [5, 5.41) is 2.95. The number of ether oxygens (including phenoxy) is 1. The summed E-state index contributed by atoms with van der Waals surface area (Å²) in [5.41, 5.74) is 7.78. The third-order valence-corrected chi connectivity index (χ3v) is 3.20. The Balaban J connectivity index is 2.12. The Morgan fingerprint density at radius 1 is 1.40 bits per heavy atom. The second kappa shape index (κ2) is 5.69. The van der Waals surface area contributed by atoms with E-state index in [4.69, 9.17) is 10.5 Å². The van der Waals surface area contributed by atoms with Crippen molar-refractivity contribution >= 4 is 11.6 Å². The smallest absolute Gasteiger partial charge is 0.268 e. The molecule has 5 nitrogen and oxygen atoms in total. The molecule has 0 aliphatic rings. The highest BCUT2D eigenvalue weighted by Crippen LogP contribution is 2.19. The zero-order valence-electron chi connectivity index (χ0n) is 11.9. The predicted octanol–water partition coefficient (Wildman–Crippen LogP) is 2.11. The first-order valence-electron chi connectivity index (χ1n) is 6.38. The maximum atomic E-state index is 12.2. The van der Waals surface area contributed by atoms with Crippen molar-refractivity contribution in [1.82, 2.24) is 9.88 Å². The molecule has 2 aromatic rings. The molecule has 1 atom stereocenters. The summed E-state index contributed by atoms with van der Waals surface area (Å²) in [4.78, 5) is 12.2. The Kier molecular flexibility index (Phi) is 3.98. The molecule has 0 spiro atoms. The number of nitrogen functional groups attached to an aromatic ring is 1. The minimum Gasteiger partial charge on any atom is -0.497 e. The van der Waals surface area contributed by atoms with Crippen LogP contribution in [0.3, 0.4) is 0 Å². The fourth-order valence-electron chi connectivity index (χ4n) is 2.08. The van der Waals surface area contributed by atoms with Gasteiger partial charge in [0.2, 0.25) is 0 Å². The van der Waals surface area contributed by atoms with Crippen LogP contribution in [-0.4, -0.2) is 17.6 Å². The highest BCUT2D eigenvalue weighted by atomic mass is 16.5. The summed E-state index contributed by atoms with van der Waals surface area (Å²) in [6.07, 6.45) is 1.71. The number of carbonyl (C=O) groups excluding carboxylic acids is 1. The minimum atomic E-state index is -0.153. The lowest BCUT2D eigenvalue weighted by atomic mass is 10.1. The van der Waals surface area contributed by atoms with Gasteiger partial charge in [0.1, 0.15) is 11.4 Å². The van der Waals surface area contributed by atoms with E-state index >= 15 is 0 Å². The normalized spacial score (nSPS) is 11.9. The Hall–Kier alpha value is -2.43. The Labute approximate surface area is 118 Å². The number of rotatable bonds is 4. The van der Waals surface area contributed by atoms with Gasteiger partial charge >= 0.3 is 0 Å². The van der Waals surface area contributed by atoms with Gasteiger partial charge in [-0.1, -0.05) is 12.1 Å². The number of benzene rings is 1. The lowest BCUT2D eigenvalue weighted by Crippen LogP contribution is -2.28. The summed E-state index contributed by atoms with van der Waals surface area (Å²) >= 11 is 0. The number of hydrogen-bond donors (Lipinski definition) is 2. The van der Waals surface area contributed by atoms with Crippen LogP contribution in [-0.2, 0) is 7.05 Å². The fourth-order valence-corrected chi connectivity index (χ4v) is 2.08. The number of aromatic nitrogens is 1. The van der Waals surface area contributed by atoms with Crippen LogP contribution >= 0.6 is 0 Å². The number of aryl methyl sites for hydroxylation is 1. The molecule has 0 fully saturated rings. The maximum Gasteiger partial charge on any atom is 0.268 e. The zero-order valence-corrected chi connectivity index (χ0v) is 11.9. The van der Waals surface area contributed by atoms with Gasteiger partial charge in [0, 0.05) is 13.2 Å². The van der Waals surface area contributed by atoms with E-state index in [0.29, 0.717) is 11.4 Å². The van der Waals surface area contributed by atoms with E-state index in [1.165, 1.54) is 0 Å². The largest absolute Gasteiger partial charge is 0.497 e. The van der Waals surface area contributed by atoms with Gasteiger partial charge in [0.15, 0.2) is 0 Å². The van der Waals surface area contributed by atoms with Crippen LogP contribution in [0.15, 0.2) is 36.5 Å². The second-order valence-electron chi connectivity index (χ2n) is 4.74. The van der Waals surface area contributed by atoms with E-state index in [2.05, 4.69) is 5.32 Å². The summed E-state index contributed by atoms with van der Waals surface area (Å²) in [5.74, 6) is 0.617. The number of nitrogens with one attached hydrogen (secondary N) is 1. The van der Waals surface area contributed by atoms with Gasteiger partial charge in [-0.3, -0.25) is 4.79 Å². The standard InChI is InChI=1S/C15H19N3O2/c1-10(11-5-4-6-13(7-11)20-3)17-15(19)14-8-12(16)9-18(14)2/h4-10H,16H2,1-3H3,(H,17,19). The van der Waals surface area contributed by atoms with Gasteiger partial charge < -0.3 is 20.4 Å². The Morgan fingerprint density at radius 3 is 2.75 bits per heavy atom. The van der Waals surface area contributed by atoms with Gasteiger partial charge in [-0.25, -0.2) is 0 Å². The highest BCUT2D eigenvalue weighted by molar-refractivity contribution is 5.94. The van der Waals surface area contributed by atoms with Crippen LogP contribution in [0.2, 0.25) is 0 Å². The molecule has 0 saturated carbocycles. The SMILES string of the molecule is COc1cccc(C(C)NC(=O)c2cc(N)cn2C)c1. The van der Waals surface area contributed by atoms with Crippen LogP contribution in [0.4, 0.5) is 5.69 Å². The van der Waals surface area contributed by atoms with Crippen LogP contribution in [0.5, 0.6) is 5.75 Å². The van der Waals surface area contributed by atoms with E-state index in [0.717, 1.165) is 11.3 Å². The van der Waals surface area contributed by atoms with Crippen molar-refractivity contribution in [2.75, 3.05) is 12.8 Å². The first-order valence-corrected chi connectivity index (χ1v) is 6.38. The summed E-state index contributed by atoms with van der Waals surface area (Å²) in [6.45, 7) is 1.93. The Bertz CT molecular complexity index is 619. The van der Waals surface area contributed by atoms with Gasteiger partial charge in [-0.2, -0.15) is 0 Å². The topological polar surface area (TPSA) is 69.3 Å². The highest BCUT2D eigenvalue weighted by Gasteiger charge is 2.15. The van der Waals surface area contributed by atoms with E-state index in [1.54, 1.807) is 31.0 Å². The van der Waals surface area contributed by atoms with Crippen LogP contribution in [0, 0.1) is 0 Å². The maximum absolute atomic E-state index is 12.2. The molecule has 2 rings (SSSR count). The van der Waals surface area contributed by atoms with E-state index in [1.807, 2.05) is 31.2 Å². The molecule has 1 unspecified atom stereocenters. The lowest BCUT2D eigenvalue weighted by Gasteiger charge is -2.15. The molecule has 0 bridgehead atoms. The van der Waals surface area contributed by atoms with E-state index in [-0.39, 0.29) is 11.9 Å². The zero-order chi connectivity index (χ0) is 14.7. The molecular formula is C15H19N3O2. The van der Waals surface area contributed by atoms with E-state index < -0.39 is 0 Å². The number of amides is 1. The first kappa shape index (κ1) is 14.0. The summed E-state index contributed by atoms with van der Waals surface area (Å²) in [7, 11) is 3.41. The van der Waals surface area contributed by atoms with Crippen molar-refractivity contribution in [3.05, 3.63) is 47.8 Å². The molecule has 1 aromatic heterocycles. The molecular weight excluding hydrogens is 254 g/mol. The molecule has 5 heteroatoms. The number of nitrogens with two attached hydrogens (primary N) is 1. The lowest BCUT2D eigenvalue weighted by molar-refractivity contribution is 0.0931. The van der Waals surface area contributed by atoms with Crippen molar-refractivity contribution in [3.8, 4) is 5.75 Å². The van der Waals surface area contributed by atoms with Crippen molar-refractivity contribution in [2.24, 2.45) is 7.05 Å². The molecule has 1 aromatic carbocycles. The molecule has 3 N–H and O–H groups in total. The van der Waals surface area contributed by atoms with Gasteiger partial charge in [0.05, 0.1) is 18.8 Å². The number of methoxy groups -OCH3 is 1.